The normalized spacial score (nSPS) is 13.5. The van der Waals surface area contributed by atoms with Crippen molar-refractivity contribution in [3.8, 4) is 0 Å². The molecule has 1 aromatic rings. The highest BCUT2D eigenvalue weighted by atomic mass is 32.2. The van der Waals surface area contributed by atoms with E-state index in [1.54, 1.807) is 11.8 Å². The van der Waals surface area contributed by atoms with Crippen LogP contribution in [-0.4, -0.2) is 27.1 Å². The predicted molar refractivity (Wildman–Crippen MR) is 56.2 cm³/mol. The molecule has 0 aliphatic heterocycles. The van der Waals surface area contributed by atoms with E-state index in [1.807, 2.05) is 20.8 Å². The highest BCUT2D eigenvalue weighted by Gasteiger charge is 2.10. The van der Waals surface area contributed by atoms with E-state index >= 15 is 0 Å². The molecule has 80 valence electrons. The van der Waals surface area contributed by atoms with Gasteiger partial charge in [0.1, 0.15) is 0 Å². The van der Waals surface area contributed by atoms with Gasteiger partial charge in [-0.2, -0.15) is 4.98 Å². The van der Waals surface area contributed by atoms with Gasteiger partial charge in [-0.15, -0.1) is 11.8 Å². The van der Waals surface area contributed by atoms with Gasteiger partial charge < -0.3 is 9.63 Å². The lowest BCUT2D eigenvalue weighted by molar-refractivity contribution is 0.300. The maximum Gasteiger partial charge on any atom is 0.229 e. The molecule has 0 fully saturated rings. The summed E-state index contributed by atoms with van der Waals surface area (Å²) in [5, 5.41) is 12.9. The maximum absolute atomic E-state index is 8.82. The molecule has 5 heteroatoms. The zero-order valence-electron chi connectivity index (χ0n) is 8.73. The molecule has 1 N–H and O–H groups in total. The number of hydrogen-bond donors (Lipinski definition) is 1. The molecule has 1 aromatic heterocycles. The molecule has 4 nitrogen and oxygen atoms in total. The van der Waals surface area contributed by atoms with Crippen LogP contribution in [-0.2, 0) is 5.75 Å². The van der Waals surface area contributed by atoms with Gasteiger partial charge in [-0.3, -0.25) is 0 Å². The SMILES string of the molecule is CC(CO)SCc1noc(C(C)C)n1. The van der Waals surface area contributed by atoms with Crippen molar-refractivity contribution >= 4 is 11.8 Å². The molecular formula is C9H16N2O2S. The van der Waals surface area contributed by atoms with Crippen molar-refractivity contribution < 1.29 is 9.63 Å². The summed E-state index contributed by atoms with van der Waals surface area (Å²) in [6, 6.07) is 0. The zero-order valence-corrected chi connectivity index (χ0v) is 9.54. The molecule has 0 amide bonds. The largest absolute Gasteiger partial charge is 0.395 e. The molecule has 0 aromatic carbocycles. The van der Waals surface area contributed by atoms with Crippen LogP contribution in [0.3, 0.4) is 0 Å². The van der Waals surface area contributed by atoms with Gasteiger partial charge >= 0.3 is 0 Å². The Bertz CT molecular complexity index is 276. The molecule has 1 rings (SSSR count). The number of thioether (sulfide) groups is 1. The summed E-state index contributed by atoms with van der Waals surface area (Å²) in [5.41, 5.74) is 0. The fraction of sp³-hybridized carbons (Fsp3) is 0.778. The van der Waals surface area contributed by atoms with Gasteiger partial charge in [0.05, 0.1) is 12.4 Å². The first-order valence-corrected chi connectivity index (χ1v) is 5.73. The maximum atomic E-state index is 8.82. The first kappa shape index (κ1) is 11.5. The van der Waals surface area contributed by atoms with Crippen molar-refractivity contribution in [1.82, 2.24) is 10.1 Å². The second-order valence-corrected chi connectivity index (χ2v) is 4.93. The van der Waals surface area contributed by atoms with Gasteiger partial charge in [0.15, 0.2) is 5.82 Å². The molecule has 0 radical (unpaired) electrons. The molecule has 0 aliphatic rings. The number of hydrogen-bond acceptors (Lipinski definition) is 5. The van der Waals surface area contributed by atoms with Crippen LogP contribution in [0.15, 0.2) is 4.52 Å². The van der Waals surface area contributed by atoms with E-state index in [2.05, 4.69) is 10.1 Å². The summed E-state index contributed by atoms with van der Waals surface area (Å²) >= 11 is 1.62. The van der Waals surface area contributed by atoms with E-state index in [4.69, 9.17) is 9.63 Å². The van der Waals surface area contributed by atoms with Crippen molar-refractivity contribution in [2.75, 3.05) is 6.61 Å². The number of nitrogens with zero attached hydrogens (tertiary/aromatic N) is 2. The monoisotopic (exact) mass is 216 g/mol. The Morgan fingerprint density at radius 1 is 1.43 bits per heavy atom. The van der Waals surface area contributed by atoms with E-state index in [-0.39, 0.29) is 17.8 Å². The van der Waals surface area contributed by atoms with Gasteiger partial charge in [0.2, 0.25) is 5.89 Å². The van der Waals surface area contributed by atoms with E-state index < -0.39 is 0 Å². The van der Waals surface area contributed by atoms with Crippen molar-refractivity contribution in [1.29, 1.82) is 0 Å². The predicted octanol–water partition coefficient (Wildman–Crippen LogP) is 1.81. The number of rotatable bonds is 5. The van der Waals surface area contributed by atoms with E-state index in [1.165, 1.54) is 0 Å². The molecule has 14 heavy (non-hydrogen) atoms. The number of aliphatic hydroxyl groups is 1. The minimum atomic E-state index is 0.180. The van der Waals surface area contributed by atoms with Crippen LogP contribution in [0.4, 0.5) is 0 Å². The Kier molecular flexibility index (Phi) is 4.41. The van der Waals surface area contributed by atoms with Crippen LogP contribution >= 0.6 is 11.8 Å². The molecule has 0 saturated heterocycles. The van der Waals surface area contributed by atoms with Crippen LogP contribution in [0.5, 0.6) is 0 Å². The first-order valence-electron chi connectivity index (χ1n) is 4.68. The lowest BCUT2D eigenvalue weighted by Gasteiger charge is -2.03. The Morgan fingerprint density at radius 3 is 2.64 bits per heavy atom. The number of aliphatic hydroxyl groups excluding tert-OH is 1. The lowest BCUT2D eigenvalue weighted by atomic mass is 10.2. The minimum Gasteiger partial charge on any atom is -0.395 e. The Balaban J connectivity index is 2.44. The first-order chi connectivity index (χ1) is 6.63. The van der Waals surface area contributed by atoms with Crippen molar-refractivity contribution in [2.45, 2.75) is 37.7 Å². The van der Waals surface area contributed by atoms with Crippen LogP contribution in [0, 0.1) is 0 Å². The van der Waals surface area contributed by atoms with Crippen LogP contribution in [0.25, 0.3) is 0 Å². The third-order valence-electron chi connectivity index (χ3n) is 1.73. The molecule has 1 unspecified atom stereocenters. The minimum absolute atomic E-state index is 0.180. The fourth-order valence-electron chi connectivity index (χ4n) is 0.830. The second kappa shape index (κ2) is 5.36. The smallest absolute Gasteiger partial charge is 0.229 e. The summed E-state index contributed by atoms with van der Waals surface area (Å²) in [5.74, 6) is 2.35. The van der Waals surface area contributed by atoms with Gasteiger partial charge in [0.25, 0.3) is 0 Å². The molecule has 0 bridgehead atoms. The Labute approximate surface area is 88.1 Å². The highest BCUT2D eigenvalue weighted by Crippen LogP contribution is 2.17. The summed E-state index contributed by atoms with van der Waals surface area (Å²) in [7, 11) is 0. The standard InChI is InChI=1S/C9H16N2O2S/c1-6(2)9-10-8(11-13-9)5-14-7(3)4-12/h6-7,12H,4-5H2,1-3H3. The van der Waals surface area contributed by atoms with E-state index in [0.717, 1.165) is 0 Å². The lowest BCUT2D eigenvalue weighted by Crippen LogP contribution is -2.02. The third kappa shape index (κ3) is 3.31. The van der Waals surface area contributed by atoms with Crippen molar-refractivity contribution in [3.63, 3.8) is 0 Å². The van der Waals surface area contributed by atoms with Crippen LogP contribution in [0.2, 0.25) is 0 Å². The molecule has 1 heterocycles. The molecule has 0 saturated carbocycles. The summed E-state index contributed by atoms with van der Waals surface area (Å²) in [4.78, 5) is 4.24. The molecule has 1 atom stereocenters. The highest BCUT2D eigenvalue weighted by molar-refractivity contribution is 7.99. The average Bonchev–Trinajstić information content (AvgIpc) is 2.62. The van der Waals surface area contributed by atoms with Gasteiger partial charge in [-0.1, -0.05) is 25.9 Å². The topological polar surface area (TPSA) is 59.2 Å². The molecule has 0 spiro atoms. The van der Waals surface area contributed by atoms with Crippen molar-refractivity contribution in [3.05, 3.63) is 11.7 Å². The summed E-state index contributed by atoms with van der Waals surface area (Å²) < 4.78 is 5.06. The Hall–Kier alpha value is -0.550. The van der Waals surface area contributed by atoms with E-state index in [0.29, 0.717) is 17.5 Å². The van der Waals surface area contributed by atoms with Gasteiger partial charge in [-0.25, -0.2) is 0 Å². The average molecular weight is 216 g/mol. The summed E-state index contributed by atoms with van der Waals surface area (Å²) in [6.07, 6.45) is 0. The fourth-order valence-corrected chi connectivity index (χ4v) is 1.49. The second-order valence-electron chi connectivity index (χ2n) is 3.51. The Morgan fingerprint density at radius 2 is 2.14 bits per heavy atom. The van der Waals surface area contributed by atoms with Crippen LogP contribution in [0.1, 0.15) is 38.4 Å². The molecular weight excluding hydrogens is 200 g/mol. The zero-order chi connectivity index (χ0) is 10.6. The van der Waals surface area contributed by atoms with Gasteiger partial charge in [0, 0.05) is 11.2 Å². The number of aromatic nitrogens is 2. The summed E-state index contributed by atoms with van der Waals surface area (Å²) in [6.45, 7) is 6.18. The quantitative estimate of drug-likeness (QED) is 0.813. The van der Waals surface area contributed by atoms with Crippen molar-refractivity contribution in [2.24, 2.45) is 0 Å². The van der Waals surface area contributed by atoms with E-state index in [9.17, 15) is 0 Å². The van der Waals surface area contributed by atoms with Crippen LogP contribution < -0.4 is 0 Å². The molecule has 0 aliphatic carbocycles. The van der Waals surface area contributed by atoms with Gasteiger partial charge in [-0.05, 0) is 0 Å². The third-order valence-corrected chi connectivity index (χ3v) is 2.87.